The number of benzene rings is 2. The third-order valence-corrected chi connectivity index (χ3v) is 4.40. The first-order chi connectivity index (χ1) is 11.1. The van der Waals surface area contributed by atoms with E-state index in [0.717, 1.165) is 5.69 Å². The average molecular weight is 365 g/mol. The fraction of sp³-hybridized carbons (Fsp3) is 0.0667. The molecule has 0 aliphatic heterocycles. The van der Waals surface area contributed by atoms with E-state index in [4.69, 9.17) is 23.2 Å². The Morgan fingerprint density at radius 1 is 1.09 bits per heavy atom. The van der Waals surface area contributed by atoms with Crippen LogP contribution < -0.4 is 0 Å². The van der Waals surface area contributed by atoms with Gasteiger partial charge in [0.15, 0.2) is 5.78 Å². The summed E-state index contributed by atoms with van der Waals surface area (Å²) in [6.45, 7) is 0. The fourth-order valence-corrected chi connectivity index (χ4v) is 2.98. The number of aromatic nitrogens is 4. The molecule has 0 bridgehead atoms. The van der Waals surface area contributed by atoms with Crippen molar-refractivity contribution in [2.24, 2.45) is 0 Å². The minimum Gasteiger partial charge on any atom is -0.293 e. The van der Waals surface area contributed by atoms with Crippen LogP contribution in [0, 0.1) is 0 Å². The molecule has 0 atom stereocenters. The van der Waals surface area contributed by atoms with Gasteiger partial charge in [0, 0.05) is 15.6 Å². The zero-order valence-electron chi connectivity index (χ0n) is 11.7. The molecule has 0 aliphatic carbocycles. The quantitative estimate of drug-likeness (QED) is 0.506. The lowest BCUT2D eigenvalue weighted by Crippen LogP contribution is -2.04. The summed E-state index contributed by atoms with van der Waals surface area (Å²) in [4.78, 5) is 12.2. The van der Waals surface area contributed by atoms with E-state index in [1.807, 2.05) is 12.1 Å². The molecule has 0 unspecified atom stereocenters. The number of thioether (sulfide) groups is 1. The first-order valence-electron chi connectivity index (χ1n) is 6.59. The Bertz CT molecular complexity index is 836. The van der Waals surface area contributed by atoms with Crippen LogP contribution in [0.3, 0.4) is 0 Å². The summed E-state index contributed by atoms with van der Waals surface area (Å²) >= 11 is 13.1. The third kappa shape index (κ3) is 3.90. The van der Waals surface area contributed by atoms with Crippen LogP contribution in [0.1, 0.15) is 10.4 Å². The van der Waals surface area contributed by atoms with Gasteiger partial charge in [-0.05, 0) is 52.9 Å². The largest absolute Gasteiger partial charge is 0.293 e. The Morgan fingerprint density at radius 3 is 2.61 bits per heavy atom. The van der Waals surface area contributed by atoms with E-state index in [0.29, 0.717) is 20.8 Å². The molecule has 0 saturated heterocycles. The highest BCUT2D eigenvalue weighted by atomic mass is 35.5. The van der Waals surface area contributed by atoms with Crippen molar-refractivity contribution in [3.8, 4) is 5.69 Å². The smallest absolute Gasteiger partial charge is 0.214 e. The number of carbonyl (C=O) groups is 1. The minimum atomic E-state index is -0.0210. The summed E-state index contributed by atoms with van der Waals surface area (Å²) in [5.74, 6) is 0.204. The summed E-state index contributed by atoms with van der Waals surface area (Å²) in [5.41, 5.74) is 1.34. The van der Waals surface area contributed by atoms with Crippen LogP contribution in [0.5, 0.6) is 0 Å². The molecule has 23 heavy (non-hydrogen) atoms. The zero-order chi connectivity index (χ0) is 16.2. The van der Waals surface area contributed by atoms with Crippen LogP contribution in [-0.4, -0.2) is 31.7 Å². The molecular formula is C15H10Cl2N4OS. The highest BCUT2D eigenvalue weighted by Crippen LogP contribution is 2.21. The van der Waals surface area contributed by atoms with Crippen LogP contribution in [0.25, 0.3) is 5.69 Å². The van der Waals surface area contributed by atoms with Crippen molar-refractivity contribution in [3.63, 3.8) is 0 Å². The van der Waals surface area contributed by atoms with Crippen molar-refractivity contribution >= 4 is 40.7 Å². The summed E-state index contributed by atoms with van der Waals surface area (Å²) in [6, 6.07) is 14.0. The molecule has 0 aliphatic rings. The molecule has 2 aromatic carbocycles. The van der Waals surface area contributed by atoms with E-state index in [2.05, 4.69) is 15.5 Å². The highest BCUT2D eigenvalue weighted by molar-refractivity contribution is 7.99. The highest BCUT2D eigenvalue weighted by Gasteiger charge is 2.13. The number of Topliss-reactive ketones (excluding diaryl/α,β-unsaturated/α-hetero) is 1. The monoisotopic (exact) mass is 364 g/mol. The van der Waals surface area contributed by atoms with E-state index in [9.17, 15) is 4.79 Å². The van der Waals surface area contributed by atoms with E-state index in [1.165, 1.54) is 11.8 Å². The predicted octanol–water partition coefficient (Wildman–Crippen LogP) is 3.94. The lowest BCUT2D eigenvalue weighted by molar-refractivity contribution is 0.102. The molecule has 3 aromatic rings. The Morgan fingerprint density at radius 2 is 1.87 bits per heavy atom. The zero-order valence-corrected chi connectivity index (χ0v) is 14.0. The molecule has 5 nitrogen and oxygen atoms in total. The molecule has 3 rings (SSSR count). The average Bonchev–Trinajstić information content (AvgIpc) is 3.02. The maximum atomic E-state index is 12.2. The summed E-state index contributed by atoms with van der Waals surface area (Å²) in [5, 5.41) is 13.3. The number of hydrogen-bond acceptors (Lipinski definition) is 5. The molecule has 1 heterocycles. The normalized spacial score (nSPS) is 10.7. The molecular weight excluding hydrogens is 355 g/mol. The van der Waals surface area contributed by atoms with Crippen LogP contribution in [0.4, 0.5) is 0 Å². The van der Waals surface area contributed by atoms with Crippen molar-refractivity contribution in [1.82, 2.24) is 20.2 Å². The van der Waals surface area contributed by atoms with Crippen molar-refractivity contribution in [2.45, 2.75) is 5.16 Å². The number of rotatable bonds is 5. The van der Waals surface area contributed by atoms with Gasteiger partial charge in [0.1, 0.15) is 0 Å². The molecule has 0 fully saturated rings. The lowest BCUT2D eigenvalue weighted by Gasteiger charge is -2.04. The lowest BCUT2D eigenvalue weighted by atomic mass is 10.1. The molecule has 1 aromatic heterocycles. The topological polar surface area (TPSA) is 60.7 Å². The first-order valence-corrected chi connectivity index (χ1v) is 8.33. The van der Waals surface area contributed by atoms with Gasteiger partial charge < -0.3 is 0 Å². The van der Waals surface area contributed by atoms with Crippen LogP contribution in [-0.2, 0) is 0 Å². The Hall–Kier alpha value is -1.89. The standard InChI is InChI=1S/C15H10Cl2N4OS/c16-11-6-4-10(5-7-11)14(22)9-23-15-18-19-20-21(15)13-3-1-2-12(17)8-13/h1-8H,9H2. The van der Waals surface area contributed by atoms with Crippen molar-refractivity contribution < 1.29 is 4.79 Å². The van der Waals surface area contributed by atoms with Gasteiger partial charge in [-0.15, -0.1) is 5.10 Å². The second-order valence-corrected chi connectivity index (χ2v) is 6.39. The number of halogens is 2. The van der Waals surface area contributed by atoms with Gasteiger partial charge in [-0.25, -0.2) is 0 Å². The maximum Gasteiger partial charge on any atom is 0.214 e. The van der Waals surface area contributed by atoms with E-state index in [-0.39, 0.29) is 11.5 Å². The molecule has 0 spiro atoms. The molecule has 0 amide bonds. The van der Waals surface area contributed by atoms with E-state index in [1.54, 1.807) is 41.1 Å². The van der Waals surface area contributed by atoms with Crippen molar-refractivity contribution in [1.29, 1.82) is 0 Å². The molecule has 0 saturated carbocycles. The molecule has 0 N–H and O–H groups in total. The van der Waals surface area contributed by atoms with Gasteiger partial charge in [0.2, 0.25) is 5.16 Å². The summed E-state index contributed by atoms with van der Waals surface area (Å²) in [7, 11) is 0. The second-order valence-electron chi connectivity index (χ2n) is 4.57. The van der Waals surface area contributed by atoms with Crippen molar-refractivity contribution in [3.05, 3.63) is 64.1 Å². The van der Waals surface area contributed by atoms with Gasteiger partial charge in [0.05, 0.1) is 11.4 Å². The van der Waals surface area contributed by atoms with Crippen LogP contribution >= 0.6 is 35.0 Å². The van der Waals surface area contributed by atoms with E-state index < -0.39 is 0 Å². The van der Waals surface area contributed by atoms with Gasteiger partial charge in [-0.3, -0.25) is 4.79 Å². The molecule has 8 heteroatoms. The van der Waals surface area contributed by atoms with Crippen LogP contribution in [0.2, 0.25) is 10.0 Å². The Balaban J connectivity index is 1.73. The number of hydrogen-bond donors (Lipinski definition) is 0. The third-order valence-electron chi connectivity index (χ3n) is 2.99. The van der Waals surface area contributed by atoms with Crippen LogP contribution in [0.15, 0.2) is 53.7 Å². The number of ketones is 1. The molecule has 0 radical (unpaired) electrons. The van der Waals surface area contributed by atoms with Crippen molar-refractivity contribution in [2.75, 3.05) is 5.75 Å². The number of carbonyl (C=O) groups excluding carboxylic acids is 1. The second kappa shape index (κ2) is 7.12. The Kier molecular flexibility index (Phi) is 4.95. The first kappa shape index (κ1) is 16.0. The Labute approximate surface area is 146 Å². The van der Waals surface area contributed by atoms with Gasteiger partial charge in [-0.2, -0.15) is 4.68 Å². The van der Waals surface area contributed by atoms with Gasteiger partial charge in [0.25, 0.3) is 0 Å². The van der Waals surface area contributed by atoms with E-state index >= 15 is 0 Å². The fourth-order valence-electron chi connectivity index (χ4n) is 1.89. The van der Waals surface area contributed by atoms with Gasteiger partial charge in [-0.1, -0.05) is 41.0 Å². The molecule has 116 valence electrons. The maximum absolute atomic E-state index is 12.2. The number of nitrogens with zero attached hydrogens (tertiary/aromatic N) is 4. The minimum absolute atomic E-state index is 0.0210. The van der Waals surface area contributed by atoms with Gasteiger partial charge >= 0.3 is 0 Å². The number of tetrazole rings is 1. The summed E-state index contributed by atoms with van der Waals surface area (Å²) in [6.07, 6.45) is 0. The SMILES string of the molecule is O=C(CSc1nnnn1-c1cccc(Cl)c1)c1ccc(Cl)cc1. The predicted molar refractivity (Wildman–Crippen MR) is 90.7 cm³/mol. The summed E-state index contributed by atoms with van der Waals surface area (Å²) < 4.78 is 1.55.